The monoisotopic (exact) mass is 424 g/mol. The van der Waals surface area contributed by atoms with Crippen LogP contribution in [0.1, 0.15) is 11.1 Å². The van der Waals surface area contributed by atoms with Crippen LogP contribution in [0, 0.1) is 6.92 Å². The van der Waals surface area contributed by atoms with E-state index in [1.807, 2.05) is 68.4 Å². The van der Waals surface area contributed by atoms with Gasteiger partial charge in [0, 0.05) is 29.9 Å². The molecule has 0 aliphatic carbocycles. The quantitative estimate of drug-likeness (QED) is 0.565. The molecule has 7 heteroatoms. The first kappa shape index (κ1) is 21.8. The van der Waals surface area contributed by atoms with E-state index in [-0.39, 0.29) is 5.56 Å². The van der Waals surface area contributed by atoms with Gasteiger partial charge in [-0.1, -0.05) is 11.6 Å². The van der Waals surface area contributed by atoms with Crippen molar-refractivity contribution >= 4 is 33.9 Å². The van der Waals surface area contributed by atoms with Crippen LogP contribution in [-0.2, 0) is 6.54 Å². The molecular formula is C23H28N4O2S. The van der Waals surface area contributed by atoms with Crippen LogP contribution in [0.3, 0.4) is 0 Å². The fourth-order valence-electron chi connectivity index (χ4n) is 3.14. The molecule has 3 rings (SSSR count). The van der Waals surface area contributed by atoms with Crippen LogP contribution in [0.4, 0.5) is 5.69 Å². The Hall–Kier alpha value is -2.90. The van der Waals surface area contributed by atoms with Crippen molar-refractivity contribution in [2.45, 2.75) is 13.5 Å². The topological polar surface area (TPSA) is 60.6 Å². The third-order valence-electron chi connectivity index (χ3n) is 4.88. The van der Waals surface area contributed by atoms with Gasteiger partial charge in [-0.15, -0.1) is 0 Å². The molecule has 0 atom stereocenters. The molecule has 0 aliphatic rings. The molecule has 2 aromatic carbocycles. The Bertz CT molecular complexity index is 1080. The van der Waals surface area contributed by atoms with Gasteiger partial charge in [0.15, 0.2) is 5.11 Å². The Kier molecular flexibility index (Phi) is 7.07. The highest BCUT2D eigenvalue weighted by molar-refractivity contribution is 7.80. The average Bonchev–Trinajstić information content (AvgIpc) is 2.72. The first-order chi connectivity index (χ1) is 14.4. The number of rotatable bonds is 7. The number of anilines is 1. The van der Waals surface area contributed by atoms with E-state index in [0.717, 1.165) is 34.4 Å². The molecule has 0 spiro atoms. The van der Waals surface area contributed by atoms with Crippen LogP contribution in [0.25, 0.3) is 10.9 Å². The third kappa shape index (κ3) is 5.58. The summed E-state index contributed by atoms with van der Waals surface area (Å²) in [6.07, 6.45) is 0. The Morgan fingerprint density at radius 1 is 1.10 bits per heavy atom. The molecule has 0 saturated carbocycles. The number of aromatic nitrogens is 1. The lowest BCUT2D eigenvalue weighted by Crippen LogP contribution is -2.40. The number of H-pyrrole nitrogens is 1. The maximum absolute atomic E-state index is 12.7. The van der Waals surface area contributed by atoms with Crippen molar-refractivity contribution < 1.29 is 4.74 Å². The summed E-state index contributed by atoms with van der Waals surface area (Å²) in [4.78, 5) is 19.8. The van der Waals surface area contributed by atoms with Crippen LogP contribution < -0.4 is 15.6 Å². The number of methoxy groups -OCH3 is 1. The summed E-state index contributed by atoms with van der Waals surface area (Å²) < 4.78 is 5.21. The number of aromatic amines is 1. The van der Waals surface area contributed by atoms with Crippen molar-refractivity contribution in [1.29, 1.82) is 0 Å². The van der Waals surface area contributed by atoms with Gasteiger partial charge in [0.2, 0.25) is 0 Å². The number of pyridine rings is 1. The second kappa shape index (κ2) is 9.73. The van der Waals surface area contributed by atoms with Gasteiger partial charge in [-0.25, -0.2) is 0 Å². The minimum Gasteiger partial charge on any atom is -0.497 e. The first-order valence-electron chi connectivity index (χ1n) is 9.83. The predicted octanol–water partition coefficient (Wildman–Crippen LogP) is 3.61. The van der Waals surface area contributed by atoms with E-state index < -0.39 is 0 Å². The summed E-state index contributed by atoms with van der Waals surface area (Å²) >= 11 is 5.68. The maximum atomic E-state index is 12.7. The lowest BCUT2D eigenvalue weighted by molar-refractivity contribution is 0.327. The number of nitrogens with one attached hydrogen (secondary N) is 2. The predicted molar refractivity (Wildman–Crippen MR) is 127 cm³/mol. The number of fused-ring (bicyclic) bond motifs is 1. The van der Waals surface area contributed by atoms with E-state index in [1.54, 1.807) is 7.11 Å². The largest absolute Gasteiger partial charge is 0.497 e. The van der Waals surface area contributed by atoms with Crippen molar-refractivity contribution in [3.63, 3.8) is 0 Å². The Labute approximate surface area is 182 Å². The molecule has 2 N–H and O–H groups in total. The smallest absolute Gasteiger partial charge is 0.253 e. The number of nitrogens with zero attached hydrogens (tertiary/aromatic N) is 2. The van der Waals surface area contributed by atoms with E-state index in [2.05, 4.69) is 21.3 Å². The first-order valence-corrected chi connectivity index (χ1v) is 10.2. The summed E-state index contributed by atoms with van der Waals surface area (Å²) in [5.74, 6) is 0.786. The van der Waals surface area contributed by atoms with E-state index in [0.29, 0.717) is 23.8 Å². The molecule has 30 heavy (non-hydrogen) atoms. The summed E-state index contributed by atoms with van der Waals surface area (Å²) in [5, 5.41) is 4.87. The zero-order valence-corrected chi connectivity index (χ0v) is 18.7. The minimum absolute atomic E-state index is 0.0894. The molecule has 0 saturated heterocycles. The van der Waals surface area contributed by atoms with Crippen LogP contribution in [0.2, 0.25) is 0 Å². The van der Waals surface area contributed by atoms with Crippen LogP contribution in [-0.4, -0.2) is 54.2 Å². The Balaban J connectivity index is 1.83. The maximum Gasteiger partial charge on any atom is 0.253 e. The Morgan fingerprint density at radius 2 is 1.83 bits per heavy atom. The number of hydrogen-bond donors (Lipinski definition) is 2. The van der Waals surface area contributed by atoms with Crippen LogP contribution in [0.5, 0.6) is 5.75 Å². The SMILES string of the molecule is COc1ccc(NC(=S)N(CCN(C)C)Cc2cc3cc(C)ccc3[nH]c2=O)cc1. The van der Waals surface area contributed by atoms with Crippen LogP contribution >= 0.6 is 12.2 Å². The second-order valence-corrected chi connectivity index (χ2v) is 7.98. The minimum atomic E-state index is -0.0894. The number of thiocarbonyl (C=S) groups is 1. The van der Waals surface area contributed by atoms with Gasteiger partial charge < -0.3 is 24.8 Å². The van der Waals surface area contributed by atoms with E-state index >= 15 is 0 Å². The Morgan fingerprint density at radius 3 is 2.50 bits per heavy atom. The second-order valence-electron chi connectivity index (χ2n) is 7.60. The lowest BCUT2D eigenvalue weighted by Gasteiger charge is -2.27. The van der Waals surface area contributed by atoms with Gasteiger partial charge in [0.25, 0.3) is 5.56 Å². The van der Waals surface area contributed by atoms with Crippen molar-refractivity contribution in [1.82, 2.24) is 14.8 Å². The van der Waals surface area contributed by atoms with E-state index in [4.69, 9.17) is 17.0 Å². The van der Waals surface area contributed by atoms with Gasteiger partial charge in [-0.3, -0.25) is 4.79 Å². The van der Waals surface area contributed by atoms with Crippen LogP contribution in [0.15, 0.2) is 53.3 Å². The molecule has 0 radical (unpaired) electrons. The number of likely N-dealkylation sites (N-methyl/N-ethyl adjacent to an activating group) is 1. The van der Waals surface area contributed by atoms with Gasteiger partial charge in [0.1, 0.15) is 5.75 Å². The lowest BCUT2D eigenvalue weighted by atomic mass is 10.1. The highest BCUT2D eigenvalue weighted by atomic mass is 32.1. The molecule has 0 bridgehead atoms. The fraction of sp³-hybridized carbons (Fsp3) is 0.304. The summed E-state index contributed by atoms with van der Waals surface area (Å²) in [7, 11) is 5.67. The molecule has 0 amide bonds. The summed E-state index contributed by atoms with van der Waals surface area (Å²) in [5.41, 5.74) is 3.47. The van der Waals surface area contributed by atoms with Gasteiger partial charge in [0.05, 0.1) is 13.7 Å². The zero-order valence-electron chi connectivity index (χ0n) is 17.9. The van der Waals surface area contributed by atoms with Gasteiger partial charge in [-0.05, 0) is 81.1 Å². The molecule has 3 aromatic rings. The van der Waals surface area contributed by atoms with Crippen molar-refractivity contribution in [3.8, 4) is 5.75 Å². The highest BCUT2D eigenvalue weighted by Crippen LogP contribution is 2.17. The molecule has 1 heterocycles. The highest BCUT2D eigenvalue weighted by Gasteiger charge is 2.14. The molecule has 0 unspecified atom stereocenters. The van der Waals surface area contributed by atoms with Gasteiger partial charge >= 0.3 is 0 Å². The summed E-state index contributed by atoms with van der Waals surface area (Å²) in [6, 6.07) is 15.6. The molecular weight excluding hydrogens is 396 g/mol. The number of aryl methyl sites for hydroxylation is 1. The molecule has 1 aromatic heterocycles. The number of ether oxygens (including phenoxy) is 1. The van der Waals surface area contributed by atoms with E-state index in [9.17, 15) is 4.79 Å². The van der Waals surface area contributed by atoms with Crippen molar-refractivity contribution in [2.75, 3.05) is 39.6 Å². The molecule has 158 valence electrons. The zero-order chi connectivity index (χ0) is 21.7. The average molecular weight is 425 g/mol. The molecule has 6 nitrogen and oxygen atoms in total. The molecule has 0 fully saturated rings. The van der Waals surface area contributed by atoms with Crippen molar-refractivity contribution in [2.24, 2.45) is 0 Å². The third-order valence-corrected chi connectivity index (χ3v) is 5.24. The molecule has 0 aliphatic heterocycles. The standard InChI is InChI=1S/C23H28N4O2S/c1-16-5-10-21-17(13-16)14-18(22(28)25-21)15-27(12-11-26(2)3)23(30)24-19-6-8-20(29-4)9-7-19/h5-10,13-14H,11-12,15H2,1-4H3,(H,24,30)(H,25,28). The summed E-state index contributed by atoms with van der Waals surface area (Å²) in [6.45, 7) is 3.98. The number of hydrogen-bond acceptors (Lipinski definition) is 4. The van der Waals surface area contributed by atoms with Gasteiger partial charge in [-0.2, -0.15) is 0 Å². The number of benzene rings is 2. The van der Waals surface area contributed by atoms with Crippen molar-refractivity contribution in [3.05, 3.63) is 70.0 Å². The fourth-order valence-corrected chi connectivity index (χ4v) is 3.42. The van der Waals surface area contributed by atoms with E-state index in [1.165, 1.54) is 0 Å². The normalized spacial score (nSPS) is 11.0.